The zero-order valence-corrected chi connectivity index (χ0v) is 10.7. The van der Waals surface area contributed by atoms with Crippen molar-refractivity contribution in [2.45, 2.75) is 6.04 Å². The first-order valence-electron chi connectivity index (χ1n) is 6.40. The van der Waals surface area contributed by atoms with E-state index in [-0.39, 0.29) is 11.8 Å². The minimum Gasteiger partial charge on any atom is -0.352 e. The maximum Gasteiger partial charge on any atom is 0.272 e. The summed E-state index contributed by atoms with van der Waals surface area (Å²) in [5.74, 6) is -0.374. The lowest BCUT2D eigenvalue weighted by Gasteiger charge is -2.35. The SMILES string of the molecule is O=C1NCCN(C(=O)c2ccn[nH]2)C1c1ccccc1. The molecule has 2 aromatic rings. The van der Waals surface area contributed by atoms with Crippen LogP contribution in [-0.4, -0.2) is 40.0 Å². The van der Waals surface area contributed by atoms with Crippen molar-refractivity contribution in [3.05, 3.63) is 53.9 Å². The van der Waals surface area contributed by atoms with Crippen LogP contribution in [0, 0.1) is 0 Å². The van der Waals surface area contributed by atoms with Gasteiger partial charge in [-0.3, -0.25) is 14.7 Å². The van der Waals surface area contributed by atoms with Crippen molar-refractivity contribution in [3.63, 3.8) is 0 Å². The molecule has 102 valence electrons. The summed E-state index contributed by atoms with van der Waals surface area (Å²) in [5.41, 5.74) is 1.19. The number of aromatic nitrogens is 2. The topological polar surface area (TPSA) is 78.1 Å². The van der Waals surface area contributed by atoms with Gasteiger partial charge in [-0.1, -0.05) is 30.3 Å². The summed E-state index contributed by atoms with van der Waals surface area (Å²) in [5, 5.41) is 9.23. The van der Waals surface area contributed by atoms with Crippen molar-refractivity contribution in [2.24, 2.45) is 0 Å². The van der Waals surface area contributed by atoms with Crippen LogP contribution in [0.5, 0.6) is 0 Å². The average Bonchev–Trinajstić information content (AvgIpc) is 3.01. The van der Waals surface area contributed by atoms with E-state index >= 15 is 0 Å². The van der Waals surface area contributed by atoms with E-state index in [0.717, 1.165) is 5.56 Å². The smallest absolute Gasteiger partial charge is 0.272 e. The minimum atomic E-state index is -0.597. The number of carbonyl (C=O) groups is 2. The lowest BCUT2D eigenvalue weighted by molar-refractivity contribution is -0.128. The lowest BCUT2D eigenvalue weighted by Crippen LogP contribution is -2.52. The van der Waals surface area contributed by atoms with Crippen LogP contribution in [0.1, 0.15) is 22.1 Å². The van der Waals surface area contributed by atoms with Gasteiger partial charge in [-0.05, 0) is 11.6 Å². The molecule has 0 spiro atoms. The number of rotatable bonds is 2. The summed E-state index contributed by atoms with van der Waals surface area (Å²) in [6.07, 6.45) is 1.52. The number of carbonyl (C=O) groups excluding carboxylic acids is 2. The minimum absolute atomic E-state index is 0.157. The molecule has 1 aromatic heterocycles. The van der Waals surface area contributed by atoms with Gasteiger partial charge in [0, 0.05) is 19.3 Å². The fraction of sp³-hybridized carbons (Fsp3) is 0.214. The second-order valence-corrected chi connectivity index (χ2v) is 4.57. The van der Waals surface area contributed by atoms with Gasteiger partial charge in [0.1, 0.15) is 11.7 Å². The van der Waals surface area contributed by atoms with Crippen LogP contribution in [-0.2, 0) is 4.79 Å². The van der Waals surface area contributed by atoms with E-state index in [9.17, 15) is 9.59 Å². The molecule has 6 nitrogen and oxygen atoms in total. The highest BCUT2D eigenvalue weighted by atomic mass is 16.2. The molecular formula is C14H14N4O2. The first kappa shape index (κ1) is 12.4. The number of benzene rings is 1. The molecule has 1 aliphatic rings. The molecule has 3 rings (SSSR count). The molecule has 0 radical (unpaired) electrons. The number of aromatic amines is 1. The Morgan fingerprint density at radius 3 is 2.75 bits per heavy atom. The van der Waals surface area contributed by atoms with Crippen LogP contribution in [0.3, 0.4) is 0 Å². The fourth-order valence-electron chi connectivity index (χ4n) is 2.38. The normalized spacial score (nSPS) is 18.7. The van der Waals surface area contributed by atoms with Crippen molar-refractivity contribution < 1.29 is 9.59 Å². The summed E-state index contributed by atoms with van der Waals surface area (Å²) in [4.78, 5) is 26.2. The molecule has 2 amide bonds. The van der Waals surface area contributed by atoms with Crippen molar-refractivity contribution in [1.82, 2.24) is 20.4 Å². The molecule has 1 atom stereocenters. The summed E-state index contributed by atoms with van der Waals surface area (Å²) in [7, 11) is 0. The van der Waals surface area contributed by atoms with E-state index in [1.165, 1.54) is 6.20 Å². The first-order valence-corrected chi connectivity index (χ1v) is 6.40. The van der Waals surface area contributed by atoms with Gasteiger partial charge in [0.25, 0.3) is 5.91 Å². The molecule has 1 aromatic carbocycles. The van der Waals surface area contributed by atoms with E-state index in [1.54, 1.807) is 11.0 Å². The molecule has 6 heteroatoms. The van der Waals surface area contributed by atoms with Gasteiger partial charge >= 0.3 is 0 Å². The standard InChI is InChI=1S/C14H14N4O2/c19-13-12(10-4-2-1-3-5-10)18(9-8-15-13)14(20)11-6-7-16-17-11/h1-7,12H,8-9H2,(H,15,19)(H,16,17). The fourth-order valence-corrected chi connectivity index (χ4v) is 2.38. The van der Waals surface area contributed by atoms with Crippen LogP contribution in [0.25, 0.3) is 0 Å². The molecule has 0 saturated carbocycles. The third kappa shape index (κ3) is 2.16. The predicted molar refractivity (Wildman–Crippen MR) is 71.8 cm³/mol. The Morgan fingerprint density at radius 2 is 2.05 bits per heavy atom. The van der Waals surface area contributed by atoms with Crippen LogP contribution in [0.2, 0.25) is 0 Å². The van der Waals surface area contributed by atoms with Gasteiger partial charge in [0.15, 0.2) is 0 Å². The van der Waals surface area contributed by atoms with E-state index in [1.807, 2.05) is 30.3 Å². The number of H-pyrrole nitrogens is 1. The summed E-state index contributed by atoms with van der Waals surface area (Å²) < 4.78 is 0. The monoisotopic (exact) mass is 270 g/mol. The Kier molecular flexibility index (Phi) is 3.20. The summed E-state index contributed by atoms with van der Waals surface area (Å²) in [6, 6.07) is 10.3. The zero-order chi connectivity index (χ0) is 13.9. The summed E-state index contributed by atoms with van der Waals surface area (Å²) >= 11 is 0. The molecule has 2 heterocycles. The maximum atomic E-state index is 12.5. The van der Waals surface area contributed by atoms with Gasteiger partial charge in [-0.2, -0.15) is 5.10 Å². The maximum absolute atomic E-state index is 12.5. The van der Waals surface area contributed by atoms with Crippen molar-refractivity contribution in [3.8, 4) is 0 Å². The molecule has 1 aliphatic heterocycles. The number of hydrogen-bond acceptors (Lipinski definition) is 3. The molecule has 20 heavy (non-hydrogen) atoms. The average molecular weight is 270 g/mol. The van der Waals surface area contributed by atoms with Gasteiger partial charge in [-0.25, -0.2) is 0 Å². The largest absolute Gasteiger partial charge is 0.352 e. The number of amides is 2. The highest BCUT2D eigenvalue weighted by Gasteiger charge is 2.34. The molecule has 1 unspecified atom stereocenters. The predicted octanol–water partition coefficient (Wildman–Crippen LogP) is 0.723. The van der Waals surface area contributed by atoms with Gasteiger partial charge in [-0.15, -0.1) is 0 Å². The van der Waals surface area contributed by atoms with Crippen LogP contribution >= 0.6 is 0 Å². The Morgan fingerprint density at radius 1 is 1.25 bits per heavy atom. The number of piperazine rings is 1. The first-order chi connectivity index (χ1) is 9.77. The van der Waals surface area contributed by atoms with E-state index in [2.05, 4.69) is 15.5 Å². The van der Waals surface area contributed by atoms with Crippen LogP contribution < -0.4 is 5.32 Å². The van der Waals surface area contributed by atoms with Crippen LogP contribution in [0.15, 0.2) is 42.6 Å². The highest BCUT2D eigenvalue weighted by Crippen LogP contribution is 2.24. The summed E-state index contributed by atoms with van der Waals surface area (Å²) in [6.45, 7) is 0.936. The van der Waals surface area contributed by atoms with Gasteiger partial charge < -0.3 is 10.2 Å². The van der Waals surface area contributed by atoms with Crippen molar-refractivity contribution in [1.29, 1.82) is 0 Å². The highest BCUT2D eigenvalue weighted by molar-refractivity contribution is 5.97. The lowest BCUT2D eigenvalue weighted by atomic mass is 10.0. The molecular weight excluding hydrogens is 256 g/mol. The number of nitrogens with zero attached hydrogens (tertiary/aromatic N) is 2. The third-order valence-corrected chi connectivity index (χ3v) is 3.32. The molecule has 0 aliphatic carbocycles. The van der Waals surface area contributed by atoms with Gasteiger partial charge in [0.2, 0.25) is 5.91 Å². The second kappa shape index (κ2) is 5.16. The van der Waals surface area contributed by atoms with E-state index in [0.29, 0.717) is 18.8 Å². The molecule has 1 saturated heterocycles. The van der Waals surface area contributed by atoms with E-state index in [4.69, 9.17) is 0 Å². The van der Waals surface area contributed by atoms with Gasteiger partial charge in [0.05, 0.1) is 0 Å². The Labute approximate surface area is 115 Å². The second-order valence-electron chi connectivity index (χ2n) is 4.57. The Hall–Kier alpha value is -2.63. The van der Waals surface area contributed by atoms with Crippen molar-refractivity contribution >= 4 is 11.8 Å². The van der Waals surface area contributed by atoms with E-state index < -0.39 is 6.04 Å². The number of hydrogen-bond donors (Lipinski definition) is 2. The Bertz CT molecular complexity index is 609. The molecule has 1 fully saturated rings. The molecule has 0 bridgehead atoms. The van der Waals surface area contributed by atoms with Crippen molar-refractivity contribution in [2.75, 3.05) is 13.1 Å². The third-order valence-electron chi connectivity index (χ3n) is 3.32. The quantitative estimate of drug-likeness (QED) is 0.844. The zero-order valence-electron chi connectivity index (χ0n) is 10.7. The Balaban J connectivity index is 1.95. The molecule has 2 N–H and O–H groups in total. The number of nitrogens with one attached hydrogen (secondary N) is 2. The van der Waals surface area contributed by atoms with Crippen LogP contribution in [0.4, 0.5) is 0 Å².